The quantitative estimate of drug-likeness (QED) is 0.699. The van der Waals surface area contributed by atoms with Crippen LogP contribution in [-0.4, -0.2) is 12.5 Å². The lowest BCUT2D eigenvalue weighted by atomic mass is 10.1. The van der Waals surface area contributed by atoms with Gasteiger partial charge in [-0.3, -0.25) is 4.79 Å². The summed E-state index contributed by atoms with van der Waals surface area (Å²) in [6.07, 6.45) is 0. The third kappa shape index (κ3) is 4.35. The normalized spacial score (nSPS) is 11.9. The number of thiophene rings is 1. The molecular formula is C21H23N2OS+. The highest BCUT2D eigenvalue weighted by molar-refractivity contribution is 7.10. The Hall–Kier alpha value is -2.43. The molecule has 0 aliphatic rings. The topological polar surface area (TPSA) is 45.7 Å². The van der Waals surface area contributed by atoms with Gasteiger partial charge in [-0.15, -0.1) is 11.3 Å². The zero-order valence-electron chi connectivity index (χ0n) is 14.5. The number of hydrogen-bond acceptors (Lipinski definition) is 2. The van der Waals surface area contributed by atoms with E-state index in [1.807, 2.05) is 50.2 Å². The first-order valence-corrected chi connectivity index (χ1v) is 9.31. The molecule has 3 aromatic rings. The van der Waals surface area contributed by atoms with E-state index in [-0.39, 0.29) is 11.9 Å². The van der Waals surface area contributed by atoms with Gasteiger partial charge in [-0.05, 0) is 36.4 Å². The highest BCUT2D eigenvalue weighted by Crippen LogP contribution is 2.22. The fourth-order valence-electron chi connectivity index (χ4n) is 2.97. The largest absolute Gasteiger partial charge is 0.328 e. The van der Waals surface area contributed by atoms with Crippen molar-refractivity contribution in [2.75, 3.05) is 11.9 Å². The number of aryl methyl sites for hydroxylation is 2. The molecule has 3 rings (SSSR count). The monoisotopic (exact) mass is 351 g/mol. The smallest absolute Gasteiger partial charge is 0.279 e. The fraction of sp³-hybridized carbons (Fsp3) is 0.190. The Morgan fingerprint density at radius 1 is 1.00 bits per heavy atom. The van der Waals surface area contributed by atoms with Gasteiger partial charge in [-0.25, -0.2) is 0 Å². The summed E-state index contributed by atoms with van der Waals surface area (Å²) in [4.78, 5) is 13.7. The zero-order chi connectivity index (χ0) is 17.6. The van der Waals surface area contributed by atoms with Gasteiger partial charge >= 0.3 is 0 Å². The second kappa shape index (κ2) is 8.10. The number of amides is 1. The van der Waals surface area contributed by atoms with E-state index in [9.17, 15) is 4.79 Å². The van der Waals surface area contributed by atoms with Gasteiger partial charge in [0, 0.05) is 11.3 Å². The van der Waals surface area contributed by atoms with E-state index >= 15 is 0 Å². The maximum absolute atomic E-state index is 12.5. The van der Waals surface area contributed by atoms with E-state index in [2.05, 4.69) is 40.3 Å². The predicted octanol–water partition coefficient (Wildman–Crippen LogP) is 3.66. The van der Waals surface area contributed by atoms with Crippen LogP contribution in [0.15, 0.2) is 66.0 Å². The molecule has 1 atom stereocenters. The lowest BCUT2D eigenvalue weighted by Gasteiger charge is -2.16. The number of nitrogens with two attached hydrogens (primary N) is 1. The molecule has 3 N–H and O–H groups in total. The molecule has 0 saturated carbocycles. The molecule has 4 heteroatoms. The molecule has 1 amide bonds. The Morgan fingerprint density at radius 2 is 1.72 bits per heavy atom. The first kappa shape index (κ1) is 17.4. The fourth-order valence-corrected chi connectivity index (χ4v) is 3.82. The first-order valence-electron chi connectivity index (χ1n) is 8.43. The van der Waals surface area contributed by atoms with Crippen molar-refractivity contribution in [2.45, 2.75) is 19.9 Å². The van der Waals surface area contributed by atoms with Gasteiger partial charge in [0.05, 0.1) is 4.88 Å². The number of quaternary nitrogens is 1. The van der Waals surface area contributed by atoms with Crippen molar-refractivity contribution in [2.24, 2.45) is 0 Å². The second-order valence-corrected chi connectivity index (χ2v) is 7.14. The van der Waals surface area contributed by atoms with Crippen molar-refractivity contribution < 1.29 is 10.1 Å². The van der Waals surface area contributed by atoms with E-state index in [1.54, 1.807) is 11.3 Å². The summed E-state index contributed by atoms with van der Waals surface area (Å²) < 4.78 is 0. The molecule has 3 nitrogen and oxygen atoms in total. The van der Waals surface area contributed by atoms with Crippen molar-refractivity contribution in [3.63, 3.8) is 0 Å². The summed E-state index contributed by atoms with van der Waals surface area (Å²) in [7, 11) is 0. The van der Waals surface area contributed by atoms with Crippen LogP contribution in [0.5, 0.6) is 0 Å². The number of carbonyl (C=O) groups excluding carboxylic acids is 1. The average Bonchev–Trinajstić information content (AvgIpc) is 3.14. The number of carbonyl (C=O) groups is 1. The molecule has 0 fully saturated rings. The summed E-state index contributed by atoms with van der Waals surface area (Å²) in [5.74, 6) is 0.0230. The molecule has 0 aliphatic heterocycles. The molecule has 0 radical (unpaired) electrons. The van der Waals surface area contributed by atoms with Gasteiger partial charge in [-0.1, -0.05) is 54.6 Å². The van der Waals surface area contributed by atoms with Gasteiger partial charge in [0.2, 0.25) is 0 Å². The minimum Gasteiger partial charge on any atom is -0.328 e. The van der Waals surface area contributed by atoms with Crippen LogP contribution in [0.3, 0.4) is 0 Å². The van der Waals surface area contributed by atoms with Crippen LogP contribution >= 0.6 is 11.3 Å². The number of para-hydroxylation sites is 1. The van der Waals surface area contributed by atoms with Crippen LogP contribution in [-0.2, 0) is 4.79 Å². The Labute approximate surface area is 152 Å². The highest BCUT2D eigenvalue weighted by Gasteiger charge is 2.20. The van der Waals surface area contributed by atoms with Crippen LogP contribution < -0.4 is 10.6 Å². The van der Waals surface area contributed by atoms with E-state index in [1.165, 1.54) is 10.4 Å². The molecule has 128 valence electrons. The summed E-state index contributed by atoms with van der Waals surface area (Å²) in [6.45, 7) is 4.42. The maximum atomic E-state index is 12.5. The van der Waals surface area contributed by atoms with Crippen LogP contribution in [0.25, 0.3) is 0 Å². The maximum Gasteiger partial charge on any atom is 0.279 e. The highest BCUT2D eigenvalue weighted by atomic mass is 32.1. The van der Waals surface area contributed by atoms with Crippen LogP contribution in [0.2, 0.25) is 0 Å². The Morgan fingerprint density at radius 3 is 2.36 bits per heavy atom. The predicted molar refractivity (Wildman–Crippen MR) is 104 cm³/mol. The standard InChI is InChI=1S/C21H22N2OS/c1-15-8-6-9-16(2)20(15)23-19(24)14-22-21(18-12-7-13-25-18)17-10-4-3-5-11-17/h3-13,21-22H,14H2,1-2H3,(H,23,24)/p+1/t21-/m1/s1. The number of anilines is 1. The minimum absolute atomic E-state index is 0.0230. The number of hydrogen-bond donors (Lipinski definition) is 2. The summed E-state index contributed by atoms with van der Waals surface area (Å²) >= 11 is 1.72. The average molecular weight is 351 g/mol. The molecule has 0 saturated heterocycles. The molecule has 0 unspecified atom stereocenters. The summed E-state index contributed by atoms with van der Waals surface area (Å²) in [5, 5.41) is 7.24. The number of benzene rings is 2. The Kier molecular flexibility index (Phi) is 5.64. The molecule has 25 heavy (non-hydrogen) atoms. The first-order chi connectivity index (χ1) is 12.1. The second-order valence-electron chi connectivity index (χ2n) is 6.16. The van der Waals surface area contributed by atoms with E-state index < -0.39 is 0 Å². The van der Waals surface area contributed by atoms with Crippen molar-refractivity contribution in [3.05, 3.63) is 87.6 Å². The number of nitrogens with one attached hydrogen (secondary N) is 1. The molecule has 1 aromatic heterocycles. The molecule has 2 aromatic carbocycles. The van der Waals surface area contributed by atoms with Crippen LogP contribution in [0, 0.1) is 13.8 Å². The van der Waals surface area contributed by atoms with Gasteiger partial charge in [0.15, 0.2) is 6.54 Å². The van der Waals surface area contributed by atoms with Gasteiger partial charge in [0.1, 0.15) is 6.04 Å². The molecular weight excluding hydrogens is 328 g/mol. The third-order valence-electron chi connectivity index (χ3n) is 4.29. The van der Waals surface area contributed by atoms with Crippen LogP contribution in [0.4, 0.5) is 5.69 Å². The Bertz CT molecular complexity index is 808. The Balaban J connectivity index is 1.70. The third-order valence-corrected chi connectivity index (χ3v) is 5.25. The summed E-state index contributed by atoms with van der Waals surface area (Å²) in [6, 6.07) is 20.7. The van der Waals surface area contributed by atoms with Gasteiger partial charge < -0.3 is 10.6 Å². The SMILES string of the molecule is Cc1cccc(C)c1NC(=O)C[NH2+][C@H](c1ccccc1)c1cccs1. The lowest BCUT2D eigenvalue weighted by Crippen LogP contribution is -2.87. The van der Waals surface area contributed by atoms with Gasteiger partial charge in [-0.2, -0.15) is 0 Å². The van der Waals surface area contributed by atoms with Crippen molar-refractivity contribution in [1.82, 2.24) is 0 Å². The minimum atomic E-state index is 0.0230. The van der Waals surface area contributed by atoms with Crippen molar-refractivity contribution in [1.29, 1.82) is 0 Å². The van der Waals surface area contributed by atoms with Crippen LogP contribution in [0.1, 0.15) is 27.6 Å². The van der Waals surface area contributed by atoms with Crippen molar-refractivity contribution >= 4 is 22.9 Å². The van der Waals surface area contributed by atoms with E-state index in [0.29, 0.717) is 6.54 Å². The molecule has 0 aliphatic carbocycles. The zero-order valence-corrected chi connectivity index (χ0v) is 15.3. The molecule has 0 bridgehead atoms. The number of rotatable bonds is 6. The summed E-state index contributed by atoms with van der Waals surface area (Å²) in [5.41, 5.74) is 4.32. The molecule has 0 spiro atoms. The van der Waals surface area contributed by atoms with Gasteiger partial charge in [0.25, 0.3) is 5.91 Å². The van der Waals surface area contributed by atoms with E-state index in [4.69, 9.17) is 0 Å². The van der Waals surface area contributed by atoms with E-state index in [0.717, 1.165) is 16.8 Å². The van der Waals surface area contributed by atoms with Crippen molar-refractivity contribution in [3.8, 4) is 0 Å². The molecule has 1 heterocycles. The lowest BCUT2D eigenvalue weighted by molar-refractivity contribution is -0.675.